The molecule has 2 rings (SSSR count). The van der Waals surface area contributed by atoms with Gasteiger partial charge in [-0.25, -0.2) is 5.01 Å². The average molecular weight is 183 g/mol. The third-order valence-corrected chi connectivity index (χ3v) is 3.03. The van der Waals surface area contributed by atoms with Crippen LogP contribution in [0.1, 0.15) is 25.7 Å². The molecule has 0 aromatic rings. The lowest BCUT2D eigenvalue weighted by Crippen LogP contribution is -2.47. The van der Waals surface area contributed by atoms with Crippen molar-refractivity contribution in [2.75, 3.05) is 13.1 Å². The van der Waals surface area contributed by atoms with E-state index in [1.807, 2.05) is 0 Å². The Hall–Kier alpha value is -0.450. The first-order chi connectivity index (χ1) is 6.29. The topological polar surface area (TPSA) is 58.4 Å². The highest BCUT2D eigenvalue weighted by atomic mass is 16.1. The molecule has 2 atom stereocenters. The fourth-order valence-corrected chi connectivity index (χ4v) is 2.25. The summed E-state index contributed by atoms with van der Waals surface area (Å²) in [6, 6.07) is 0.0600. The fourth-order valence-electron chi connectivity index (χ4n) is 2.25. The number of carbonyl (C=O) groups is 1. The van der Waals surface area contributed by atoms with Crippen LogP contribution in [0, 0.1) is 0 Å². The van der Waals surface area contributed by atoms with Gasteiger partial charge in [0.2, 0.25) is 0 Å². The van der Waals surface area contributed by atoms with Gasteiger partial charge in [-0.2, -0.15) is 0 Å². The molecule has 0 bridgehead atoms. The Labute approximate surface area is 78.4 Å². The van der Waals surface area contributed by atoms with Crippen LogP contribution in [-0.4, -0.2) is 36.0 Å². The second kappa shape index (κ2) is 3.74. The monoisotopic (exact) mass is 183 g/mol. The first-order valence-corrected chi connectivity index (χ1v) is 5.07. The zero-order valence-corrected chi connectivity index (χ0v) is 7.83. The minimum atomic E-state index is -0.0180. The van der Waals surface area contributed by atoms with Crippen molar-refractivity contribution in [3.05, 3.63) is 0 Å². The molecular weight excluding hydrogens is 166 g/mol. The maximum absolute atomic E-state index is 11.9. The summed E-state index contributed by atoms with van der Waals surface area (Å²) in [5.74, 6) is 6.04. The number of ketones is 1. The van der Waals surface area contributed by atoms with Crippen molar-refractivity contribution in [1.82, 2.24) is 10.3 Å². The average Bonchev–Trinajstić information content (AvgIpc) is 2.72. The van der Waals surface area contributed by atoms with E-state index in [1.54, 1.807) is 5.01 Å². The van der Waals surface area contributed by atoms with Crippen LogP contribution in [-0.2, 0) is 4.79 Å². The van der Waals surface area contributed by atoms with Crippen LogP contribution in [0.5, 0.6) is 0 Å². The van der Waals surface area contributed by atoms with Gasteiger partial charge in [-0.3, -0.25) is 10.6 Å². The molecule has 0 aliphatic carbocycles. The van der Waals surface area contributed by atoms with E-state index in [-0.39, 0.29) is 12.1 Å². The van der Waals surface area contributed by atoms with E-state index in [4.69, 9.17) is 5.84 Å². The van der Waals surface area contributed by atoms with Crippen molar-refractivity contribution in [1.29, 1.82) is 0 Å². The Morgan fingerprint density at radius 3 is 2.77 bits per heavy atom. The first kappa shape index (κ1) is 9.12. The zero-order chi connectivity index (χ0) is 9.26. The predicted molar refractivity (Wildman–Crippen MR) is 49.9 cm³/mol. The van der Waals surface area contributed by atoms with E-state index in [9.17, 15) is 4.79 Å². The molecule has 2 saturated heterocycles. The van der Waals surface area contributed by atoms with E-state index < -0.39 is 0 Å². The molecule has 0 spiro atoms. The number of hydrogen-bond acceptors (Lipinski definition) is 4. The maximum Gasteiger partial charge on any atom is 0.168 e. The fraction of sp³-hybridized carbons (Fsp3) is 0.889. The smallest absolute Gasteiger partial charge is 0.168 e. The number of Topliss-reactive ketones (excluding diaryl/α,β-unsaturated/α-hetero) is 1. The van der Waals surface area contributed by atoms with E-state index in [0.717, 1.165) is 38.8 Å². The minimum absolute atomic E-state index is 0.0180. The molecule has 0 saturated carbocycles. The number of nitrogens with two attached hydrogens (primary N) is 1. The minimum Gasteiger partial charge on any atom is -0.307 e. The Morgan fingerprint density at radius 1 is 1.38 bits per heavy atom. The van der Waals surface area contributed by atoms with Crippen LogP contribution in [0.15, 0.2) is 0 Å². The SMILES string of the molecule is NN1CCCC1C(=O)[C@@H]1CCCN1. The van der Waals surface area contributed by atoms with Crippen LogP contribution in [0.4, 0.5) is 0 Å². The Kier molecular flexibility index (Phi) is 2.62. The first-order valence-electron chi connectivity index (χ1n) is 5.07. The van der Waals surface area contributed by atoms with Gasteiger partial charge >= 0.3 is 0 Å². The summed E-state index contributed by atoms with van der Waals surface area (Å²) in [7, 11) is 0. The summed E-state index contributed by atoms with van der Waals surface area (Å²) in [5, 5.41) is 4.92. The van der Waals surface area contributed by atoms with Crippen LogP contribution in [0.2, 0.25) is 0 Å². The highest BCUT2D eigenvalue weighted by Gasteiger charge is 2.34. The lowest BCUT2D eigenvalue weighted by molar-refractivity contribution is -0.125. The molecule has 2 fully saturated rings. The van der Waals surface area contributed by atoms with Gasteiger partial charge in [-0.1, -0.05) is 0 Å². The highest BCUT2D eigenvalue weighted by molar-refractivity contribution is 5.89. The Bertz CT molecular complexity index is 201. The number of carbonyl (C=O) groups excluding carboxylic acids is 1. The number of nitrogens with one attached hydrogen (secondary N) is 1. The molecule has 2 aliphatic heterocycles. The van der Waals surface area contributed by atoms with Gasteiger partial charge in [0.25, 0.3) is 0 Å². The molecule has 3 N–H and O–H groups in total. The van der Waals surface area contributed by atoms with Gasteiger partial charge < -0.3 is 5.32 Å². The summed E-state index contributed by atoms with van der Waals surface area (Å²) in [5.41, 5.74) is 0. The molecule has 2 aliphatic rings. The molecular formula is C9H17N3O. The van der Waals surface area contributed by atoms with Gasteiger partial charge in [0.05, 0.1) is 12.1 Å². The Balaban J connectivity index is 1.95. The van der Waals surface area contributed by atoms with E-state index in [0.29, 0.717) is 5.78 Å². The molecule has 4 heteroatoms. The zero-order valence-electron chi connectivity index (χ0n) is 7.83. The lowest BCUT2D eigenvalue weighted by atomic mass is 10.0. The number of hydrazine groups is 1. The van der Waals surface area contributed by atoms with Gasteiger partial charge in [0.15, 0.2) is 5.78 Å². The van der Waals surface area contributed by atoms with Gasteiger partial charge in [0.1, 0.15) is 0 Å². The molecule has 0 amide bonds. The summed E-state index contributed by atoms with van der Waals surface area (Å²) in [6.07, 6.45) is 4.10. The van der Waals surface area contributed by atoms with Crippen molar-refractivity contribution in [2.45, 2.75) is 37.8 Å². The molecule has 13 heavy (non-hydrogen) atoms. The van der Waals surface area contributed by atoms with Crippen molar-refractivity contribution < 1.29 is 4.79 Å². The predicted octanol–water partition coefficient (Wildman–Crippen LogP) is -0.354. The van der Waals surface area contributed by atoms with Crippen molar-refractivity contribution in [3.8, 4) is 0 Å². The van der Waals surface area contributed by atoms with Crippen molar-refractivity contribution >= 4 is 5.78 Å². The van der Waals surface area contributed by atoms with Crippen LogP contribution >= 0.6 is 0 Å². The van der Waals surface area contributed by atoms with Crippen LogP contribution in [0.25, 0.3) is 0 Å². The molecule has 0 aromatic carbocycles. The quantitative estimate of drug-likeness (QED) is 0.574. The second-order valence-corrected chi connectivity index (χ2v) is 3.95. The van der Waals surface area contributed by atoms with Crippen LogP contribution in [0.3, 0.4) is 0 Å². The van der Waals surface area contributed by atoms with Gasteiger partial charge in [0, 0.05) is 6.54 Å². The Morgan fingerprint density at radius 2 is 2.23 bits per heavy atom. The summed E-state index contributed by atoms with van der Waals surface area (Å²) < 4.78 is 0. The van der Waals surface area contributed by atoms with E-state index >= 15 is 0 Å². The molecule has 74 valence electrons. The maximum atomic E-state index is 11.9. The van der Waals surface area contributed by atoms with Crippen molar-refractivity contribution in [2.24, 2.45) is 5.84 Å². The van der Waals surface area contributed by atoms with Crippen molar-refractivity contribution in [3.63, 3.8) is 0 Å². The summed E-state index contributed by atoms with van der Waals surface area (Å²) >= 11 is 0. The second-order valence-electron chi connectivity index (χ2n) is 3.95. The molecule has 0 radical (unpaired) electrons. The van der Waals surface area contributed by atoms with Gasteiger partial charge in [-0.15, -0.1) is 0 Å². The van der Waals surface area contributed by atoms with Gasteiger partial charge in [-0.05, 0) is 32.2 Å². The number of nitrogens with zero attached hydrogens (tertiary/aromatic N) is 1. The number of rotatable bonds is 2. The largest absolute Gasteiger partial charge is 0.307 e. The molecule has 2 heterocycles. The molecule has 4 nitrogen and oxygen atoms in total. The molecule has 1 unspecified atom stereocenters. The normalized spacial score (nSPS) is 35.5. The number of hydrogen-bond donors (Lipinski definition) is 2. The van der Waals surface area contributed by atoms with E-state index in [2.05, 4.69) is 5.32 Å². The van der Waals surface area contributed by atoms with E-state index in [1.165, 1.54) is 0 Å². The lowest BCUT2D eigenvalue weighted by Gasteiger charge is -2.20. The third kappa shape index (κ3) is 1.75. The summed E-state index contributed by atoms with van der Waals surface area (Å²) in [6.45, 7) is 1.84. The van der Waals surface area contributed by atoms with Crippen LogP contribution < -0.4 is 11.2 Å². The molecule has 0 aromatic heterocycles. The summed E-state index contributed by atoms with van der Waals surface area (Å²) in [4.78, 5) is 11.9. The third-order valence-electron chi connectivity index (χ3n) is 3.03. The highest BCUT2D eigenvalue weighted by Crippen LogP contribution is 2.18. The standard InChI is InChI=1S/C9H17N3O/c10-12-6-2-4-8(12)9(13)7-3-1-5-11-7/h7-8,11H,1-6,10H2/t7-,8?/m0/s1.